The second-order valence-corrected chi connectivity index (χ2v) is 18.1. The van der Waals surface area contributed by atoms with Crippen molar-refractivity contribution in [1.82, 2.24) is 0 Å². The van der Waals surface area contributed by atoms with Gasteiger partial charge in [0, 0.05) is 5.41 Å². The van der Waals surface area contributed by atoms with Gasteiger partial charge in [-0.2, -0.15) is 0 Å². The predicted molar refractivity (Wildman–Crippen MR) is 185 cm³/mol. The lowest BCUT2D eigenvalue weighted by molar-refractivity contribution is 0.0542. The lowest BCUT2D eigenvalue weighted by atomic mass is 9.51. The fraction of sp³-hybridized carbons (Fsp3) is 0.721. The summed E-state index contributed by atoms with van der Waals surface area (Å²) in [5.74, 6) is 7.72. The summed E-state index contributed by atoms with van der Waals surface area (Å²) in [6.07, 6.45) is 17.2. The second-order valence-electron chi connectivity index (χ2n) is 18.1. The van der Waals surface area contributed by atoms with Crippen LogP contribution in [0.2, 0.25) is 0 Å². The molecule has 0 saturated heterocycles. The lowest BCUT2D eigenvalue weighted by Crippen LogP contribution is -2.48. The first-order valence-electron chi connectivity index (χ1n) is 18.7. The molecule has 236 valence electrons. The van der Waals surface area contributed by atoms with Crippen LogP contribution in [0.4, 0.5) is 0 Å². The molecule has 0 radical (unpaired) electrons. The van der Waals surface area contributed by atoms with E-state index < -0.39 is 0 Å². The van der Waals surface area contributed by atoms with Gasteiger partial charge in [0.2, 0.25) is 0 Å². The van der Waals surface area contributed by atoms with E-state index in [1.54, 1.807) is 11.1 Å². The molecule has 0 spiro atoms. The van der Waals surface area contributed by atoms with Crippen LogP contribution in [0.15, 0.2) is 60.7 Å². The molecule has 8 atom stereocenters. The molecule has 0 nitrogen and oxygen atoms in total. The van der Waals surface area contributed by atoms with Crippen LogP contribution in [0.1, 0.15) is 137 Å². The molecule has 8 unspecified atom stereocenters. The molecule has 43 heavy (non-hydrogen) atoms. The minimum atomic E-state index is 0.134. The van der Waals surface area contributed by atoms with E-state index >= 15 is 0 Å². The van der Waals surface area contributed by atoms with Crippen LogP contribution in [0.3, 0.4) is 0 Å². The number of hydrogen-bond acceptors (Lipinski definition) is 0. The molecule has 4 fully saturated rings. The summed E-state index contributed by atoms with van der Waals surface area (Å²) in [4.78, 5) is 0. The SMILES string of the molecule is CCCCC1CCC(C(c2ccccc2)(c2ccccc2)C2C3CCC(C(C)(C)C)CC3C3CC(C(C)(C)C)CCC32)C1. The van der Waals surface area contributed by atoms with Crippen molar-refractivity contribution in [2.24, 2.45) is 64.1 Å². The van der Waals surface area contributed by atoms with E-state index in [9.17, 15) is 0 Å². The van der Waals surface area contributed by atoms with Crippen molar-refractivity contribution in [2.75, 3.05) is 0 Å². The van der Waals surface area contributed by atoms with E-state index in [1.165, 1.54) is 77.0 Å². The lowest BCUT2D eigenvalue weighted by Gasteiger charge is -2.52. The fourth-order valence-electron chi connectivity index (χ4n) is 11.9. The third-order valence-electron chi connectivity index (χ3n) is 14.0. The number of benzene rings is 2. The molecule has 0 aromatic heterocycles. The molecule has 0 heterocycles. The first kappa shape index (κ1) is 31.4. The third-order valence-corrected chi connectivity index (χ3v) is 14.0. The van der Waals surface area contributed by atoms with Gasteiger partial charge in [-0.25, -0.2) is 0 Å². The maximum atomic E-state index is 2.57. The Morgan fingerprint density at radius 1 is 0.535 bits per heavy atom. The van der Waals surface area contributed by atoms with Gasteiger partial charge in [0.15, 0.2) is 0 Å². The maximum absolute atomic E-state index is 2.57. The van der Waals surface area contributed by atoms with Crippen molar-refractivity contribution in [1.29, 1.82) is 0 Å². The molecule has 6 rings (SSSR count). The monoisotopic (exact) mass is 581 g/mol. The molecule has 0 amide bonds. The minimum Gasteiger partial charge on any atom is -0.0654 e. The molecule has 4 aliphatic carbocycles. The summed E-state index contributed by atoms with van der Waals surface area (Å²) in [6, 6.07) is 24.3. The Morgan fingerprint density at radius 3 is 1.44 bits per heavy atom. The zero-order valence-electron chi connectivity index (χ0n) is 29.0. The Balaban J connectivity index is 1.51. The number of unbranched alkanes of at least 4 members (excludes halogenated alkanes) is 1. The third kappa shape index (κ3) is 5.81. The zero-order chi connectivity index (χ0) is 30.4. The van der Waals surface area contributed by atoms with Crippen molar-refractivity contribution in [3.05, 3.63) is 71.8 Å². The van der Waals surface area contributed by atoms with Crippen molar-refractivity contribution in [2.45, 2.75) is 131 Å². The van der Waals surface area contributed by atoms with Crippen LogP contribution >= 0.6 is 0 Å². The van der Waals surface area contributed by atoms with Crippen LogP contribution in [-0.2, 0) is 5.41 Å². The summed E-state index contributed by atoms with van der Waals surface area (Å²) in [6.45, 7) is 17.6. The highest BCUT2D eigenvalue weighted by Gasteiger charge is 2.63. The highest BCUT2D eigenvalue weighted by Crippen LogP contribution is 2.69. The summed E-state index contributed by atoms with van der Waals surface area (Å²) >= 11 is 0. The topological polar surface area (TPSA) is 0 Å². The molecular formula is C43H64. The molecule has 2 aromatic carbocycles. The maximum Gasteiger partial charge on any atom is 0.0264 e. The molecule has 4 saturated carbocycles. The summed E-state index contributed by atoms with van der Waals surface area (Å²) in [7, 11) is 0. The standard InChI is InChI=1S/C43H64/c1-8-9-16-30-21-22-35(27-30)43(31-17-12-10-13-18-31,32-19-14-11-15-20-32)40-36-25-23-33(41(2,3)4)28-38(36)39-29-34(42(5,6)7)24-26-37(39)40/h10-15,17-20,30,33-40H,8-9,16,21-29H2,1-7H3. The van der Waals surface area contributed by atoms with E-state index in [-0.39, 0.29) is 5.41 Å². The van der Waals surface area contributed by atoms with Crippen molar-refractivity contribution in [3.63, 3.8) is 0 Å². The summed E-state index contributed by atoms with van der Waals surface area (Å²) in [5, 5.41) is 0. The Labute approximate surface area is 266 Å². The van der Waals surface area contributed by atoms with Crippen LogP contribution in [0.5, 0.6) is 0 Å². The van der Waals surface area contributed by atoms with Gasteiger partial charge in [-0.1, -0.05) is 135 Å². The number of hydrogen-bond donors (Lipinski definition) is 0. The first-order chi connectivity index (χ1) is 20.5. The van der Waals surface area contributed by atoms with Gasteiger partial charge in [0.1, 0.15) is 0 Å². The Morgan fingerprint density at radius 2 is 1.00 bits per heavy atom. The van der Waals surface area contributed by atoms with Gasteiger partial charge in [0.25, 0.3) is 0 Å². The van der Waals surface area contributed by atoms with Crippen molar-refractivity contribution in [3.8, 4) is 0 Å². The van der Waals surface area contributed by atoms with Crippen LogP contribution in [0.25, 0.3) is 0 Å². The molecule has 0 N–H and O–H groups in total. The molecule has 0 heteroatoms. The second kappa shape index (κ2) is 12.3. The Hall–Kier alpha value is -1.56. The van der Waals surface area contributed by atoms with Crippen molar-refractivity contribution < 1.29 is 0 Å². The first-order valence-corrected chi connectivity index (χ1v) is 18.7. The largest absolute Gasteiger partial charge is 0.0654 e. The minimum absolute atomic E-state index is 0.134. The predicted octanol–water partition coefficient (Wildman–Crippen LogP) is 12.4. The van der Waals surface area contributed by atoms with E-state index in [0.29, 0.717) is 10.8 Å². The Bertz CT molecular complexity index is 1080. The molecular weight excluding hydrogens is 516 g/mol. The summed E-state index contributed by atoms with van der Waals surface area (Å²) < 4.78 is 0. The quantitative estimate of drug-likeness (QED) is 0.305. The van der Waals surface area contributed by atoms with Crippen molar-refractivity contribution >= 4 is 0 Å². The van der Waals surface area contributed by atoms with Gasteiger partial charge < -0.3 is 0 Å². The molecule has 0 aliphatic heterocycles. The van der Waals surface area contributed by atoms with E-state index in [1.807, 2.05) is 0 Å². The van der Waals surface area contributed by atoms with E-state index in [2.05, 4.69) is 109 Å². The number of fused-ring (bicyclic) bond motifs is 3. The van der Waals surface area contributed by atoms with Gasteiger partial charge >= 0.3 is 0 Å². The van der Waals surface area contributed by atoms with Crippen LogP contribution in [-0.4, -0.2) is 0 Å². The Kier molecular flexibility index (Phi) is 9.01. The van der Waals surface area contributed by atoms with E-state index in [0.717, 1.165) is 53.3 Å². The highest BCUT2D eigenvalue weighted by atomic mass is 14.7. The van der Waals surface area contributed by atoms with Gasteiger partial charge in [0.05, 0.1) is 0 Å². The highest BCUT2D eigenvalue weighted by molar-refractivity contribution is 5.43. The average Bonchev–Trinajstić information content (AvgIpc) is 3.60. The molecule has 2 aromatic rings. The molecule has 4 aliphatic rings. The summed E-state index contributed by atoms with van der Waals surface area (Å²) in [5.41, 5.74) is 4.29. The van der Waals surface area contributed by atoms with Crippen LogP contribution in [0, 0.1) is 64.1 Å². The fourth-order valence-corrected chi connectivity index (χ4v) is 11.9. The van der Waals surface area contributed by atoms with Gasteiger partial charge in [-0.05, 0) is 127 Å². The molecule has 0 bridgehead atoms. The zero-order valence-corrected chi connectivity index (χ0v) is 29.0. The smallest absolute Gasteiger partial charge is 0.0264 e. The van der Waals surface area contributed by atoms with Gasteiger partial charge in [-0.3, -0.25) is 0 Å². The van der Waals surface area contributed by atoms with E-state index in [4.69, 9.17) is 0 Å². The normalized spacial score (nSPS) is 35.0. The average molecular weight is 581 g/mol. The van der Waals surface area contributed by atoms with Gasteiger partial charge in [-0.15, -0.1) is 0 Å². The van der Waals surface area contributed by atoms with Crippen LogP contribution < -0.4 is 0 Å². The number of rotatable bonds is 7.